The van der Waals surface area contributed by atoms with E-state index in [9.17, 15) is 0 Å². The van der Waals surface area contributed by atoms with Crippen LogP contribution in [0.4, 0.5) is 0 Å². The molecule has 0 aliphatic carbocycles. The monoisotopic (exact) mass is 105 g/mol. The maximum absolute atomic E-state index is 4.69. The van der Waals surface area contributed by atoms with Gasteiger partial charge in [-0.2, -0.15) is 0 Å². The molecule has 0 aromatic heterocycles. The lowest BCUT2D eigenvalue weighted by Crippen LogP contribution is -2.17. The van der Waals surface area contributed by atoms with Gasteiger partial charge < -0.3 is 0 Å². The van der Waals surface area contributed by atoms with E-state index in [4.69, 9.17) is 4.84 Å². The number of nitrogens with zero attached hydrogens (tertiary/aromatic N) is 1. The smallest absolute Gasteiger partial charge is 0.160 e. The van der Waals surface area contributed by atoms with Gasteiger partial charge in [-0.3, -0.25) is 4.84 Å². The molecule has 4 heteroatoms. The lowest BCUT2D eigenvalue weighted by atomic mass is 11.1. The van der Waals surface area contributed by atoms with Gasteiger partial charge in [0.05, 0.1) is 7.11 Å². The Kier molecular flexibility index (Phi) is 1.59. The molecule has 7 heavy (non-hydrogen) atoms. The molecule has 0 radical (unpaired) electrons. The molecule has 1 aliphatic heterocycles. The second kappa shape index (κ2) is 2.23. The summed E-state index contributed by atoms with van der Waals surface area (Å²) in [5, 5.41) is 1.54. The molecule has 0 N–H and O–H groups in total. The van der Waals surface area contributed by atoms with Crippen LogP contribution in [-0.4, -0.2) is 25.6 Å². The van der Waals surface area contributed by atoms with Gasteiger partial charge in [-0.15, -0.1) is 5.06 Å². The lowest BCUT2D eigenvalue weighted by molar-refractivity contribution is -0.248. The third-order valence-corrected chi connectivity index (χ3v) is 0.735. The SMILES string of the molecule is CON1COOC1. The molecule has 0 aromatic carbocycles. The molecule has 0 unspecified atom stereocenters. The topological polar surface area (TPSA) is 30.9 Å². The summed E-state index contributed by atoms with van der Waals surface area (Å²) < 4.78 is 0. The first-order valence-electron chi connectivity index (χ1n) is 1.97. The highest BCUT2D eigenvalue weighted by atomic mass is 17.2. The summed E-state index contributed by atoms with van der Waals surface area (Å²) in [5.41, 5.74) is 0. The minimum absolute atomic E-state index is 0.399. The average molecular weight is 105 g/mol. The first-order chi connectivity index (χ1) is 3.43. The molecule has 1 fully saturated rings. The van der Waals surface area contributed by atoms with Crippen LogP contribution in [0.2, 0.25) is 0 Å². The number of hydrogen-bond donors (Lipinski definition) is 0. The van der Waals surface area contributed by atoms with E-state index in [1.54, 1.807) is 12.2 Å². The number of hydrogen-bond acceptors (Lipinski definition) is 4. The molecule has 0 aromatic rings. The van der Waals surface area contributed by atoms with Crippen molar-refractivity contribution in [2.45, 2.75) is 0 Å². The summed E-state index contributed by atoms with van der Waals surface area (Å²) in [6.45, 7) is 0.799. The predicted molar refractivity (Wildman–Crippen MR) is 20.8 cm³/mol. The van der Waals surface area contributed by atoms with E-state index in [0.717, 1.165) is 0 Å². The molecule has 4 nitrogen and oxygen atoms in total. The Bertz CT molecular complexity index is 52.1. The Balaban J connectivity index is 2.14. The lowest BCUT2D eigenvalue weighted by Gasteiger charge is -2.02. The quantitative estimate of drug-likeness (QED) is 0.429. The van der Waals surface area contributed by atoms with E-state index in [-0.39, 0.29) is 0 Å². The highest BCUT2D eigenvalue weighted by Crippen LogP contribution is 1.97. The van der Waals surface area contributed by atoms with E-state index < -0.39 is 0 Å². The maximum Gasteiger partial charge on any atom is 0.160 e. The largest absolute Gasteiger partial charge is 0.298 e. The molecule has 0 atom stereocenters. The summed E-state index contributed by atoms with van der Waals surface area (Å²) in [6, 6.07) is 0. The first-order valence-corrected chi connectivity index (χ1v) is 1.97. The van der Waals surface area contributed by atoms with Gasteiger partial charge >= 0.3 is 0 Å². The second-order valence-electron chi connectivity index (χ2n) is 1.16. The Labute approximate surface area is 41.4 Å². The van der Waals surface area contributed by atoms with E-state index in [1.807, 2.05) is 0 Å². The van der Waals surface area contributed by atoms with Crippen LogP contribution < -0.4 is 0 Å². The standard InChI is InChI=1S/C3H7NO3/c1-5-4-2-6-7-3-4/h2-3H2,1H3. The normalized spacial score (nSPS) is 23.6. The van der Waals surface area contributed by atoms with Gasteiger partial charge in [0.15, 0.2) is 13.5 Å². The van der Waals surface area contributed by atoms with Crippen LogP contribution in [0, 0.1) is 0 Å². The van der Waals surface area contributed by atoms with Crippen molar-refractivity contribution in [2.75, 3.05) is 20.6 Å². The third-order valence-electron chi connectivity index (χ3n) is 0.735. The molecule has 1 rings (SSSR count). The summed E-state index contributed by atoms with van der Waals surface area (Å²) >= 11 is 0. The van der Waals surface area contributed by atoms with Gasteiger partial charge in [0.2, 0.25) is 0 Å². The van der Waals surface area contributed by atoms with Crippen LogP contribution in [0.25, 0.3) is 0 Å². The Hall–Kier alpha value is -0.160. The van der Waals surface area contributed by atoms with E-state index in [0.29, 0.717) is 13.5 Å². The van der Waals surface area contributed by atoms with E-state index >= 15 is 0 Å². The average Bonchev–Trinajstić information content (AvgIpc) is 2.14. The molecule has 42 valence electrons. The van der Waals surface area contributed by atoms with Crippen LogP contribution in [0.5, 0.6) is 0 Å². The van der Waals surface area contributed by atoms with Crippen molar-refractivity contribution in [3.63, 3.8) is 0 Å². The molecule has 1 aliphatic rings. The van der Waals surface area contributed by atoms with Crippen LogP contribution in [-0.2, 0) is 14.6 Å². The Morgan fingerprint density at radius 1 is 1.43 bits per heavy atom. The highest BCUT2D eigenvalue weighted by Gasteiger charge is 2.10. The van der Waals surface area contributed by atoms with Crippen LogP contribution in [0.15, 0.2) is 0 Å². The molecule has 0 amide bonds. The van der Waals surface area contributed by atoms with Crippen molar-refractivity contribution in [3.8, 4) is 0 Å². The molecule has 0 saturated carbocycles. The zero-order valence-corrected chi connectivity index (χ0v) is 4.09. The van der Waals surface area contributed by atoms with Crippen molar-refractivity contribution in [3.05, 3.63) is 0 Å². The fraction of sp³-hybridized carbons (Fsp3) is 1.00. The molecular formula is C3H7NO3. The highest BCUT2D eigenvalue weighted by molar-refractivity contribution is 4.23. The van der Waals surface area contributed by atoms with Crippen molar-refractivity contribution < 1.29 is 14.6 Å². The summed E-state index contributed by atoms with van der Waals surface area (Å²) in [5.74, 6) is 0. The number of rotatable bonds is 1. The zero-order chi connectivity index (χ0) is 5.11. The van der Waals surface area contributed by atoms with Crippen molar-refractivity contribution in [1.29, 1.82) is 0 Å². The molecule has 1 saturated heterocycles. The predicted octanol–water partition coefficient (Wildman–Crippen LogP) is -0.273. The summed E-state index contributed by atoms with van der Waals surface area (Å²) in [7, 11) is 1.57. The van der Waals surface area contributed by atoms with Crippen LogP contribution >= 0.6 is 0 Å². The fourth-order valence-corrected chi connectivity index (χ4v) is 0.335. The Morgan fingerprint density at radius 3 is 2.29 bits per heavy atom. The van der Waals surface area contributed by atoms with Gasteiger partial charge in [-0.05, 0) is 0 Å². The second-order valence-corrected chi connectivity index (χ2v) is 1.16. The van der Waals surface area contributed by atoms with Crippen molar-refractivity contribution >= 4 is 0 Å². The fourth-order valence-electron chi connectivity index (χ4n) is 0.335. The van der Waals surface area contributed by atoms with Crippen molar-refractivity contribution in [2.24, 2.45) is 0 Å². The summed E-state index contributed by atoms with van der Waals surface area (Å²) in [4.78, 5) is 13.6. The van der Waals surface area contributed by atoms with Gasteiger partial charge in [-0.1, -0.05) is 0 Å². The van der Waals surface area contributed by atoms with Gasteiger partial charge in [0.1, 0.15) is 0 Å². The zero-order valence-electron chi connectivity index (χ0n) is 4.09. The van der Waals surface area contributed by atoms with Crippen molar-refractivity contribution in [1.82, 2.24) is 5.06 Å². The maximum atomic E-state index is 4.69. The van der Waals surface area contributed by atoms with Crippen LogP contribution in [0.1, 0.15) is 0 Å². The third kappa shape index (κ3) is 1.10. The minimum atomic E-state index is 0.399. The van der Waals surface area contributed by atoms with Crippen LogP contribution in [0.3, 0.4) is 0 Å². The minimum Gasteiger partial charge on any atom is -0.298 e. The first kappa shape index (κ1) is 4.99. The van der Waals surface area contributed by atoms with Gasteiger partial charge in [0, 0.05) is 0 Å². The van der Waals surface area contributed by atoms with E-state index in [1.165, 1.54) is 0 Å². The molecule has 0 spiro atoms. The summed E-state index contributed by atoms with van der Waals surface area (Å²) in [6.07, 6.45) is 0. The van der Waals surface area contributed by atoms with E-state index in [2.05, 4.69) is 9.78 Å². The Morgan fingerprint density at radius 2 is 2.00 bits per heavy atom. The number of hydroxylamine groups is 2. The molecule has 0 bridgehead atoms. The van der Waals surface area contributed by atoms with Gasteiger partial charge in [0.25, 0.3) is 0 Å². The molecular weight excluding hydrogens is 98.0 g/mol. The van der Waals surface area contributed by atoms with Gasteiger partial charge in [-0.25, -0.2) is 9.78 Å². The molecule has 1 heterocycles.